The Morgan fingerprint density at radius 3 is 2.35 bits per heavy atom. The summed E-state index contributed by atoms with van der Waals surface area (Å²) in [6.45, 7) is 0.484. The monoisotopic (exact) mass is 428 g/mol. The number of nitrogens with zero attached hydrogens (tertiary/aromatic N) is 1. The molecule has 4 amide bonds. The summed E-state index contributed by atoms with van der Waals surface area (Å²) in [6.07, 6.45) is 5.48. The second-order valence-electron chi connectivity index (χ2n) is 7.52. The van der Waals surface area contributed by atoms with E-state index >= 15 is 0 Å². The summed E-state index contributed by atoms with van der Waals surface area (Å²) in [6, 6.07) is 12.2. The van der Waals surface area contributed by atoms with Crippen LogP contribution in [0, 0.1) is 5.82 Å². The van der Waals surface area contributed by atoms with Gasteiger partial charge in [0.2, 0.25) is 0 Å². The van der Waals surface area contributed by atoms with Gasteiger partial charge in [0.15, 0.2) is 0 Å². The van der Waals surface area contributed by atoms with Gasteiger partial charge in [-0.25, -0.2) is 14.0 Å². The van der Waals surface area contributed by atoms with Gasteiger partial charge in [-0.05, 0) is 61.4 Å². The van der Waals surface area contributed by atoms with Crippen molar-refractivity contribution in [3.8, 4) is 5.75 Å². The third-order valence-corrected chi connectivity index (χ3v) is 5.29. The molecule has 0 atom stereocenters. The zero-order valence-electron chi connectivity index (χ0n) is 17.7. The van der Waals surface area contributed by atoms with Gasteiger partial charge in [-0.3, -0.25) is 4.90 Å². The minimum Gasteiger partial charge on any atom is -0.497 e. The molecule has 0 heterocycles. The third kappa shape index (κ3) is 6.87. The zero-order valence-corrected chi connectivity index (χ0v) is 17.7. The van der Waals surface area contributed by atoms with E-state index in [2.05, 4.69) is 16.0 Å². The van der Waals surface area contributed by atoms with Crippen LogP contribution in [-0.2, 0) is 0 Å². The van der Waals surface area contributed by atoms with Crippen molar-refractivity contribution < 1.29 is 18.7 Å². The lowest BCUT2D eigenvalue weighted by Crippen LogP contribution is -2.46. The van der Waals surface area contributed by atoms with Crippen LogP contribution in [0.1, 0.15) is 32.1 Å². The fourth-order valence-corrected chi connectivity index (χ4v) is 3.60. The molecule has 2 aromatic rings. The molecule has 0 radical (unpaired) electrons. The van der Waals surface area contributed by atoms with Crippen LogP contribution in [0.2, 0.25) is 0 Å². The number of hydrogen-bond donors (Lipinski definition) is 3. The lowest BCUT2D eigenvalue weighted by molar-refractivity contribution is 0.232. The Kier molecular flexibility index (Phi) is 8.09. The van der Waals surface area contributed by atoms with Crippen LogP contribution in [0.4, 0.5) is 25.4 Å². The average Bonchev–Trinajstić information content (AvgIpc) is 2.78. The van der Waals surface area contributed by atoms with E-state index in [9.17, 15) is 14.0 Å². The molecule has 3 N–H and O–H groups in total. The van der Waals surface area contributed by atoms with E-state index in [1.165, 1.54) is 35.6 Å². The van der Waals surface area contributed by atoms with E-state index in [-0.39, 0.29) is 37.0 Å². The largest absolute Gasteiger partial charge is 0.497 e. The maximum absolute atomic E-state index is 13.4. The Balaban J connectivity index is 1.59. The molecular formula is C23H29FN4O3. The summed E-state index contributed by atoms with van der Waals surface area (Å²) in [4.78, 5) is 26.6. The van der Waals surface area contributed by atoms with Gasteiger partial charge in [-0.2, -0.15) is 0 Å². The van der Waals surface area contributed by atoms with Gasteiger partial charge in [0.25, 0.3) is 0 Å². The number of hydrogen-bond acceptors (Lipinski definition) is 3. The molecule has 1 saturated carbocycles. The Labute approximate surface area is 182 Å². The lowest BCUT2D eigenvalue weighted by Gasteiger charge is -2.25. The Morgan fingerprint density at radius 2 is 1.71 bits per heavy atom. The van der Waals surface area contributed by atoms with Gasteiger partial charge in [0, 0.05) is 30.5 Å². The van der Waals surface area contributed by atoms with E-state index in [1.807, 2.05) is 0 Å². The van der Waals surface area contributed by atoms with Crippen molar-refractivity contribution in [1.82, 2.24) is 10.6 Å². The van der Waals surface area contributed by atoms with Crippen LogP contribution < -0.4 is 25.6 Å². The average molecular weight is 429 g/mol. The SMILES string of the molecule is COc1ccc(NC(=O)N(CCNC(=O)NC2CCCCC2)c2ccc(F)cc2)cc1. The predicted octanol–water partition coefficient (Wildman–Crippen LogP) is 4.50. The van der Waals surface area contributed by atoms with Crippen molar-refractivity contribution in [2.24, 2.45) is 0 Å². The second kappa shape index (κ2) is 11.2. The molecule has 0 aliphatic heterocycles. The molecule has 1 fully saturated rings. The number of ether oxygens (including phenoxy) is 1. The quantitative estimate of drug-likeness (QED) is 0.607. The normalized spacial score (nSPS) is 13.9. The molecule has 0 saturated heterocycles. The number of methoxy groups -OCH3 is 1. The van der Waals surface area contributed by atoms with E-state index in [0.29, 0.717) is 17.1 Å². The van der Waals surface area contributed by atoms with Crippen molar-refractivity contribution in [2.45, 2.75) is 38.1 Å². The molecule has 0 bridgehead atoms. The van der Waals surface area contributed by atoms with E-state index in [0.717, 1.165) is 25.7 Å². The number of nitrogens with one attached hydrogen (secondary N) is 3. The van der Waals surface area contributed by atoms with E-state index < -0.39 is 0 Å². The van der Waals surface area contributed by atoms with Crippen molar-refractivity contribution in [2.75, 3.05) is 30.4 Å². The summed E-state index contributed by atoms with van der Waals surface area (Å²) < 4.78 is 18.5. The number of halogens is 1. The minimum absolute atomic E-state index is 0.209. The first kappa shape index (κ1) is 22.4. The number of amides is 4. The van der Waals surface area contributed by atoms with E-state index in [4.69, 9.17) is 4.74 Å². The van der Waals surface area contributed by atoms with Crippen molar-refractivity contribution in [3.63, 3.8) is 0 Å². The molecule has 1 aliphatic rings. The predicted molar refractivity (Wildman–Crippen MR) is 119 cm³/mol. The van der Waals surface area contributed by atoms with Crippen LogP contribution >= 0.6 is 0 Å². The molecule has 8 heteroatoms. The van der Waals surface area contributed by atoms with Crippen LogP contribution in [0.5, 0.6) is 5.75 Å². The number of benzene rings is 2. The Bertz CT molecular complexity index is 852. The topological polar surface area (TPSA) is 82.7 Å². The fourth-order valence-electron chi connectivity index (χ4n) is 3.60. The molecular weight excluding hydrogens is 399 g/mol. The summed E-state index contributed by atoms with van der Waals surface area (Å²) in [5, 5.41) is 8.62. The molecule has 0 spiro atoms. The van der Waals surface area contributed by atoms with Crippen LogP contribution in [0.25, 0.3) is 0 Å². The molecule has 31 heavy (non-hydrogen) atoms. The van der Waals surface area contributed by atoms with Crippen molar-refractivity contribution >= 4 is 23.4 Å². The number of rotatable bonds is 7. The first-order valence-corrected chi connectivity index (χ1v) is 10.6. The molecule has 7 nitrogen and oxygen atoms in total. The van der Waals surface area contributed by atoms with Gasteiger partial charge in [-0.15, -0.1) is 0 Å². The van der Waals surface area contributed by atoms with Crippen LogP contribution in [0.15, 0.2) is 48.5 Å². The van der Waals surface area contributed by atoms with Crippen molar-refractivity contribution in [3.05, 3.63) is 54.3 Å². The Hall–Kier alpha value is -3.29. The van der Waals surface area contributed by atoms with Gasteiger partial charge in [0.1, 0.15) is 11.6 Å². The molecule has 3 rings (SSSR count). The highest BCUT2D eigenvalue weighted by Crippen LogP contribution is 2.19. The first-order chi connectivity index (χ1) is 15.0. The highest BCUT2D eigenvalue weighted by Gasteiger charge is 2.18. The van der Waals surface area contributed by atoms with Gasteiger partial charge < -0.3 is 20.7 Å². The van der Waals surface area contributed by atoms with Crippen LogP contribution in [0.3, 0.4) is 0 Å². The van der Waals surface area contributed by atoms with E-state index in [1.54, 1.807) is 31.4 Å². The number of carbonyl (C=O) groups excluding carboxylic acids is 2. The maximum Gasteiger partial charge on any atom is 0.326 e. The third-order valence-electron chi connectivity index (χ3n) is 5.29. The highest BCUT2D eigenvalue weighted by atomic mass is 19.1. The Morgan fingerprint density at radius 1 is 1.03 bits per heavy atom. The molecule has 1 aliphatic carbocycles. The molecule has 2 aromatic carbocycles. The first-order valence-electron chi connectivity index (χ1n) is 10.6. The van der Waals surface area contributed by atoms with Gasteiger partial charge >= 0.3 is 12.1 Å². The van der Waals surface area contributed by atoms with Gasteiger partial charge in [0.05, 0.1) is 7.11 Å². The minimum atomic E-state index is -0.385. The summed E-state index contributed by atoms with van der Waals surface area (Å²) in [5.41, 5.74) is 1.13. The molecule has 166 valence electrons. The number of urea groups is 2. The standard InChI is InChI=1S/C23H29FN4O3/c1-31-21-13-9-19(10-14-21)27-23(30)28(20-11-7-17(24)8-12-20)16-15-25-22(29)26-18-5-3-2-4-6-18/h7-14,18H,2-6,15-16H2,1H3,(H,27,30)(H2,25,26,29). The summed E-state index contributed by atoms with van der Waals surface area (Å²) in [7, 11) is 1.57. The fraction of sp³-hybridized carbons (Fsp3) is 0.391. The molecule has 0 aromatic heterocycles. The number of carbonyl (C=O) groups is 2. The highest BCUT2D eigenvalue weighted by molar-refractivity contribution is 6.01. The van der Waals surface area contributed by atoms with Crippen LogP contribution in [-0.4, -0.2) is 38.3 Å². The second-order valence-corrected chi connectivity index (χ2v) is 7.52. The van der Waals surface area contributed by atoms with Crippen molar-refractivity contribution in [1.29, 1.82) is 0 Å². The lowest BCUT2D eigenvalue weighted by atomic mass is 9.96. The zero-order chi connectivity index (χ0) is 22.1. The number of anilines is 2. The summed E-state index contributed by atoms with van der Waals surface area (Å²) in [5.74, 6) is 0.297. The van der Waals surface area contributed by atoms with Gasteiger partial charge in [-0.1, -0.05) is 19.3 Å². The molecule has 0 unspecified atom stereocenters. The smallest absolute Gasteiger partial charge is 0.326 e. The summed E-state index contributed by atoms with van der Waals surface area (Å²) >= 11 is 0. The maximum atomic E-state index is 13.4.